The molecule has 136 valence electrons. The Morgan fingerprint density at radius 2 is 1.92 bits per heavy atom. The molecule has 7 heteroatoms. The number of carbonyl (C=O) groups is 1. The Morgan fingerprint density at radius 3 is 2.56 bits per heavy atom. The van der Waals surface area contributed by atoms with Gasteiger partial charge in [0.2, 0.25) is 0 Å². The molecule has 0 fully saturated rings. The Morgan fingerprint density at radius 1 is 1.28 bits per heavy atom. The third kappa shape index (κ3) is 5.04. The van der Waals surface area contributed by atoms with Gasteiger partial charge in [0.25, 0.3) is 0 Å². The summed E-state index contributed by atoms with van der Waals surface area (Å²) >= 11 is 0. The molecule has 0 aliphatic heterocycles. The van der Waals surface area contributed by atoms with Gasteiger partial charge in [0.1, 0.15) is 17.5 Å². The summed E-state index contributed by atoms with van der Waals surface area (Å²) in [6.45, 7) is 5.48. The van der Waals surface area contributed by atoms with E-state index in [9.17, 15) is 15.0 Å². The van der Waals surface area contributed by atoms with Crippen LogP contribution >= 0.6 is 0 Å². The molecule has 1 heterocycles. The maximum absolute atomic E-state index is 11.6. The van der Waals surface area contributed by atoms with E-state index in [1.165, 1.54) is 6.20 Å². The van der Waals surface area contributed by atoms with Gasteiger partial charge in [0.15, 0.2) is 0 Å². The molecule has 0 aliphatic rings. The quantitative estimate of drug-likeness (QED) is 0.658. The molecule has 1 aromatic carbocycles. The van der Waals surface area contributed by atoms with E-state index in [-0.39, 0.29) is 13.0 Å². The number of benzene rings is 1. The summed E-state index contributed by atoms with van der Waals surface area (Å²) in [4.78, 5) is 15.7. The average Bonchev–Trinajstić information content (AvgIpc) is 2.53. The molecule has 0 bridgehead atoms. The van der Waals surface area contributed by atoms with Crippen LogP contribution in [0.3, 0.4) is 0 Å². The van der Waals surface area contributed by atoms with Crippen LogP contribution in [0.15, 0.2) is 30.5 Å². The second kappa shape index (κ2) is 7.67. The Balaban J connectivity index is 2.00. The van der Waals surface area contributed by atoms with Gasteiger partial charge in [-0.1, -0.05) is 24.3 Å². The number of aromatic nitrogens is 1. The molecule has 5 N–H and O–H groups in total. The van der Waals surface area contributed by atoms with Crippen LogP contribution in [0.2, 0.25) is 0 Å². The van der Waals surface area contributed by atoms with Crippen molar-refractivity contribution in [3.05, 3.63) is 36.0 Å². The molecule has 0 saturated carbocycles. The van der Waals surface area contributed by atoms with Crippen LogP contribution in [0.1, 0.15) is 38.9 Å². The number of hydrogen-bond acceptors (Lipinski definition) is 6. The third-order valence-corrected chi connectivity index (χ3v) is 3.65. The lowest BCUT2D eigenvalue weighted by Crippen LogP contribution is -2.34. The molecule has 2 unspecified atom stereocenters. The maximum Gasteiger partial charge on any atom is 0.407 e. The number of ether oxygens (including phenoxy) is 1. The van der Waals surface area contributed by atoms with Crippen LogP contribution in [0.25, 0.3) is 10.8 Å². The molecule has 2 aromatic rings. The number of nitrogens with one attached hydrogen (secondary N) is 1. The van der Waals surface area contributed by atoms with E-state index in [1.807, 2.05) is 24.3 Å². The first-order valence-corrected chi connectivity index (χ1v) is 8.15. The minimum Gasteiger partial charge on any atom is -0.444 e. The number of alkyl carbamates (subject to hydrolysis) is 1. The lowest BCUT2D eigenvalue weighted by Gasteiger charge is -2.22. The zero-order chi connectivity index (χ0) is 18.6. The van der Waals surface area contributed by atoms with Gasteiger partial charge in [0, 0.05) is 23.7 Å². The summed E-state index contributed by atoms with van der Waals surface area (Å²) in [7, 11) is 0. The minimum absolute atomic E-state index is 0.166. The summed E-state index contributed by atoms with van der Waals surface area (Å²) in [6, 6.07) is 7.29. The van der Waals surface area contributed by atoms with Crippen LogP contribution in [0, 0.1) is 0 Å². The van der Waals surface area contributed by atoms with Crippen molar-refractivity contribution < 1.29 is 19.7 Å². The van der Waals surface area contributed by atoms with E-state index in [2.05, 4.69) is 10.3 Å². The highest BCUT2D eigenvalue weighted by Crippen LogP contribution is 2.29. The molecule has 0 radical (unpaired) electrons. The van der Waals surface area contributed by atoms with Crippen LogP contribution < -0.4 is 11.1 Å². The van der Waals surface area contributed by atoms with E-state index in [4.69, 9.17) is 10.5 Å². The van der Waals surface area contributed by atoms with Crippen molar-refractivity contribution in [1.29, 1.82) is 0 Å². The van der Waals surface area contributed by atoms with Crippen molar-refractivity contribution in [1.82, 2.24) is 10.3 Å². The summed E-state index contributed by atoms with van der Waals surface area (Å²) in [5.74, 6) is 0.368. The Hall–Kier alpha value is -2.38. The molecule has 2 atom stereocenters. The van der Waals surface area contributed by atoms with Crippen molar-refractivity contribution in [2.75, 3.05) is 12.3 Å². The molecule has 7 nitrogen and oxygen atoms in total. The fourth-order valence-electron chi connectivity index (χ4n) is 2.47. The smallest absolute Gasteiger partial charge is 0.407 e. The number of nitrogens with zero attached hydrogens (tertiary/aromatic N) is 1. The van der Waals surface area contributed by atoms with E-state index in [1.54, 1.807) is 20.8 Å². The molecule has 0 aliphatic carbocycles. The third-order valence-electron chi connectivity index (χ3n) is 3.65. The lowest BCUT2D eigenvalue weighted by molar-refractivity contribution is 0.0129. The number of fused-ring (bicyclic) bond motifs is 1. The summed E-state index contributed by atoms with van der Waals surface area (Å²) < 4.78 is 5.12. The van der Waals surface area contributed by atoms with E-state index in [0.29, 0.717) is 11.4 Å². The number of hydrogen-bond donors (Lipinski definition) is 4. The second-order valence-corrected chi connectivity index (χ2v) is 6.87. The molecule has 0 spiro atoms. The SMILES string of the molecule is CC(C)(C)OC(=O)NCCC(O)C(O)c1cnc(N)c2ccccc12. The highest BCUT2D eigenvalue weighted by Gasteiger charge is 2.22. The normalized spacial score (nSPS) is 14.1. The van der Waals surface area contributed by atoms with Gasteiger partial charge in [-0.25, -0.2) is 9.78 Å². The number of anilines is 1. The number of carbonyl (C=O) groups excluding carboxylic acids is 1. The molecule has 1 amide bonds. The van der Waals surface area contributed by atoms with E-state index >= 15 is 0 Å². The highest BCUT2D eigenvalue weighted by molar-refractivity contribution is 5.93. The first-order chi connectivity index (χ1) is 11.7. The number of aliphatic hydroxyl groups is 2. The number of aliphatic hydroxyl groups excluding tert-OH is 2. The fraction of sp³-hybridized carbons (Fsp3) is 0.444. The molecule has 1 aromatic heterocycles. The van der Waals surface area contributed by atoms with E-state index in [0.717, 1.165) is 10.8 Å². The van der Waals surface area contributed by atoms with Gasteiger partial charge < -0.3 is 26.0 Å². The Bertz CT molecular complexity index is 743. The average molecular weight is 347 g/mol. The molecular formula is C18H25N3O4. The highest BCUT2D eigenvalue weighted by atomic mass is 16.6. The van der Waals surface area contributed by atoms with Gasteiger partial charge in [-0.2, -0.15) is 0 Å². The van der Waals surface area contributed by atoms with Crippen molar-refractivity contribution in [2.45, 2.75) is 45.0 Å². The number of pyridine rings is 1. The lowest BCUT2D eigenvalue weighted by atomic mass is 9.98. The van der Waals surface area contributed by atoms with Crippen LogP contribution in [-0.4, -0.2) is 39.5 Å². The van der Waals surface area contributed by atoms with Crippen molar-refractivity contribution in [3.8, 4) is 0 Å². The standard InChI is InChI=1S/C18H25N3O4/c1-18(2,3)25-17(24)20-9-8-14(22)15(23)13-10-21-16(19)12-7-5-4-6-11(12)13/h4-7,10,14-15,22-23H,8-9H2,1-3H3,(H2,19,21)(H,20,24). The van der Waals surface area contributed by atoms with Crippen molar-refractivity contribution >= 4 is 22.7 Å². The number of rotatable bonds is 5. The Labute approximate surface area is 146 Å². The van der Waals surface area contributed by atoms with Crippen LogP contribution in [0.5, 0.6) is 0 Å². The first-order valence-electron chi connectivity index (χ1n) is 8.15. The topological polar surface area (TPSA) is 118 Å². The maximum atomic E-state index is 11.6. The fourth-order valence-corrected chi connectivity index (χ4v) is 2.47. The largest absolute Gasteiger partial charge is 0.444 e. The minimum atomic E-state index is -1.14. The van der Waals surface area contributed by atoms with Crippen molar-refractivity contribution in [3.63, 3.8) is 0 Å². The second-order valence-electron chi connectivity index (χ2n) is 6.87. The monoisotopic (exact) mass is 347 g/mol. The molecule has 2 rings (SSSR count). The van der Waals surface area contributed by atoms with Gasteiger partial charge in [-0.3, -0.25) is 0 Å². The van der Waals surface area contributed by atoms with Crippen LogP contribution in [0.4, 0.5) is 10.6 Å². The molecule has 25 heavy (non-hydrogen) atoms. The number of nitrogen functional groups attached to an aromatic ring is 1. The zero-order valence-corrected chi connectivity index (χ0v) is 14.7. The van der Waals surface area contributed by atoms with Crippen molar-refractivity contribution in [2.24, 2.45) is 0 Å². The molecule has 0 saturated heterocycles. The van der Waals surface area contributed by atoms with Gasteiger partial charge in [0.05, 0.1) is 6.10 Å². The predicted molar refractivity (Wildman–Crippen MR) is 96.0 cm³/mol. The van der Waals surface area contributed by atoms with E-state index < -0.39 is 23.9 Å². The first kappa shape index (κ1) is 19.0. The number of amides is 1. The number of nitrogens with two attached hydrogens (primary N) is 1. The predicted octanol–water partition coefficient (Wildman–Crippen LogP) is 2.13. The summed E-state index contributed by atoms with van der Waals surface area (Å²) in [5.41, 5.74) is 5.76. The molecular weight excluding hydrogens is 322 g/mol. The summed E-state index contributed by atoms with van der Waals surface area (Å²) in [6.07, 6.45) is -1.14. The van der Waals surface area contributed by atoms with Gasteiger partial charge >= 0.3 is 6.09 Å². The van der Waals surface area contributed by atoms with Gasteiger partial charge in [-0.05, 0) is 32.6 Å². The zero-order valence-electron chi connectivity index (χ0n) is 14.7. The summed E-state index contributed by atoms with van der Waals surface area (Å²) in [5, 5.41) is 24.7. The van der Waals surface area contributed by atoms with Crippen LogP contribution in [-0.2, 0) is 4.74 Å². The van der Waals surface area contributed by atoms with Gasteiger partial charge in [-0.15, -0.1) is 0 Å². The Kier molecular flexibility index (Phi) is 5.81.